The highest BCUT2D eigenvalue weighted by molar-refractivity contribution is 5.90. The van der Waals surface area contributed by atoms with Crippen LogP contribution in [0.5, 0.6) is 0 Å². The quantitative estimate of drug-likeness (QED) is 0.755. The zero-order valence-electron chi connectivity index (χ0n) is 11.6. The van der Waals surface area contributed by atoms with Crippen molar-refractivity contribution in [2.24, 2.45) is 7.05 Å². The van der Waals surface area contributed by atoms with Crippen LogP contribution in [0.25, 0.3) is 0 Å². The molecule has 0 aromatic carbocycles. The maximum atomic E-state index is 11.8. The van der Waals surface area contributed by atoms with E-state index in [2.05, 4.69) is 17.0 Å². The maximum Gasteiger partial charge on any atom is 0.246 e. The molecule has 1 N–H and O–H groups in total. The van der Waals surface area contributed by atoms with Crippen molar-refractivity contribution >= 4 is 11.8 Å². The number of carbonyl (C=O) groups is 2. The lowest BCUT2D eigenvalue weighted by atomic mass is 10.2. The van der Waals surface area contributed by atoms with E-state index in [4.69, 9.17) is 0 Å². The third-order valence-electron chi connectivity index (χ3n) is 3.02. The highest BCUT2D eigenvalue weighted by Crippen LogP contribution is 2.04. The Morgan fingerprint density at radius 3 is 2.74 bits per heavy atom. The topological polar surface area (TPSA) is 67.2 Å². The fourth-order valence-electron chi connectivity index (χ4n) is 1.62. The molecule has 0 saturated carbocycles. The Hall–Kier alpha value is -2.11. The molecular weight excluding hydrogens is 244 g/mol. The second-order valence-corrected chi connectivity index (χ2v) is 4.21. The van der Waals surface area contributed by atoms with Crippen LogP contribution in [0.2, 0.25) is 0 Å². The summed E-state index contributed by atoms with van der Waals surface area (Å²) >= 11 is 0. The van der Waals surface area contributed by atoms with Crippen LogP contribution in [0.4, 0.5) is 0 Å². The minimum absolute atomic E-state index is 0.0423. The molecule has 6 nitrogen and oxygen atoms in total. The second kappa shape index (κ2) is 6.72. The minimum Gasteiger partial charge on any atom is -0.350 e. The molecular formula is C13H20N4O2. The average Bonchev–Trinajstić information content (AvgIpc) is 2.73. The first-order valence-electron chi connectivity index (χ1n) is 6.15. The predicted octanol–water partition coefficient (Wildman–Crippen LogP) is 0.379. The number of hydrogen-bond donors (Lipinski definition) is 1. The maximum absolute atomic E-state index is 11.8. The molecule has 0 bridgehead atoms. The van der Waals surface area contributed by atoms with Gasteiger partial charge in [0.25, 0.3) is 0 Å². The molecule has 0 aliphatic heterocycles. The molecule has 0 atom stereocenters. The highest BCUT2D eigenvalue weighted by Gasteiger charge is 2.13. The van der Waals surface area contributed by atoms with E-state index in [1.165, 1.54) is 11.0 Å². The Morgan fingerprint density at radius 1 is 1.58 bits per heavy atom. The molecule has 0 radical (unpaired) electrons. The zero-order valence-corrected chi connectivity index (χ0v) is 11.6. The van der Waals surface area contributed by atoms with Crippen molar-refractivity contribution in [3.8, 4) is 0 Å². The number of carbonyl (C=O) groups excluding carboxylic acids is 2. The normalized spacial score (nSPS) is 10.1. The smallest absolute Gasteiger partial charge is 0.246 e. The van der Waals surface area contributed by atoms with E-state index in [0.717, 1.165) is 11.3 Å². The van der Waals surface area contributed by atoms with Gasteiger partial charge in [0, 0.05) is 31.4 Å². The summed E-state index contributed by atoms with van der Waals surface area (Å²) in [4.78, 5) is 24.6. The largest absolute Gasteiger partial charge is 0.350 e. The molecule has 2 amide bonds. The summed E-state index contributed by atoms with van der Waals surface area (Å²) in [6.45, 7) is 8.10. The van der Waals surface area contributed by atoms with Gasteiger partial charge in [0.15, 0.2) is 0 Å². The molecule has 0 saturated heterocycles. The lowest BCUT2D eigenvalue weighted by Gasteiger charge is -2.18. The van der Waals surface area contributed by atoms with E-state index in [9.17, 15) is 9.59 Å². The van der Waals surface area contributed by atoms with Crippen LogP contribution in [-0.4, -0.2) is 39.6 Å². The van der Waals surface area contributed by atoms with E-state index < -0.39 is 0 Å². The van der Waals surface area contributed by atoms with Crippen molar-refractivity contribution in [2.45, 2.75) is 20.4 Å². The highest BCUT2D eigenvalue weighted by atomic mass is 16.2. The number of rotatable bonds is 6. The van der Waals surface area contributed by atoms with Crippen molar-refractivity contribution < 1.29 is 9.59 Å². The molecule has 19 heavy (non-hydrogen) atoms. The first kappa shape index (κ1) is 14.9. The van der Waals surface area contributed by atoms with Crippen LogP contribution in [0.1, 0.15) is 18.2 Å². The summed E-state index contributed by atoms with van der Waals surface area (Å²) in [7, 11) is 1.85. The summed E-state index contributed by atoms with van der Waals surface area (Å²) in [5.41, 5.74) is 1.98. The van der Waals surface area contributed by atoms with Gasteiger partial charge in [-0.3, -0.25) is 14.3 Å². The van der Waals surface area contributed by atoms with Crippen LogP contribution in [0.3, 0.4) is 0 Å². The van der Waals surface area contributed by atoms with E-state index in [-0.39, 0.29) is 18.4 Å². The molecule has 0 spiro atoms. The Bertz CT molecular complexity index is 479. The Morgan fingerprint density at radius 2 is 2.26 bits per heavy atom. The number of hydrogen-bond acceptors (Lipinski definition) is 3. The van der Waals surface area contributed by atoms with Gasteiger partial charge in [0.2, 0.25) is 11.8 Å². The second-order valence-electron chi connectivity index (χ2n) is 4.21. The monoisotopic (exact) mass is 264 g/mol. The molecule has 1 aromatic heterocycles. The van der Waals surface area contributed by atoms with E-state index in [1.54, 1.807) is 10.9 Å². The summed E-state index contributed by atoms with van der Waals surface area (Å²) in [5.74, 6) is -0.435. The lowest BCUT2D eigenvalue weighted by molar-refractivity contribution is -0.132. The Balaban J connectivity index is 2.49. The van der Waals surface area contributed by atoms with Gasteiger partial charge in [-0.15, -0.1) is 0 Å². The molecule has 0 aliphatic carbocycles. The molecule has 6 heteroatoms. The van der Waals surface area contributed by atoms with Gasteiger partial charge in [0.05, 0.1) is 12.7 Å². The molecule has 1 rings (SSSR count). The Kier molecular flexibility index (Phi) is 5.29. The van der Waals surface area contributed by atoms with Crippen LogP contribution in [0, 0.1) is 6.92 Å². The number of aryl methyl sites for hydroxylation is 1. The van der Waals surface area contributed by atoms with Crippen molar-refractivity contribution in [3.63, 3.8) is 0 Å². The van der Waals surface area contributed by atoms with Crippen molar-refractivity contribution in [1.82, 2.24) is 20.0 Å². The molecule has 1 aromatic rings. The van der Waals surface area contributed by atoms with Gasteiger partial charge < -0.3 is 10.2 Å². The third kappa shape index (κ3) is 3.94. The lowest BCUT2D eigenvalue weighted by Crippen LogP contribution is -2.39. The number of aromatic nitrogens is 2. The number of nitrogens with zero attached hydrogens (tertiary/aromatic N) is 3. The van der Waals surface area contributed by atoms with Crippen LogP contribution in [0.15, 0.2) is 18.9 Å². The molecule has 0 unspecified atom stereocenters. The predicted molar refractivity (Wildman–Crippen MR) is 72.2 cm³/mol. The fourth-order valence-corrected chi connectivity index (χ4v) is 1.62. The number of amides is 2. The molecule has 0 fully saturated rings. The van der Waals surface area contributed by atoms with Crippen LogP contribution < -0.4 is 5.32 Å². The zero-order chi connectivity index (χ0) is 14.4. The first-order chi connectivity index (χ1) is 8.99. The summed E-state index contributed by atoms with van der Waals surface area (Å²) in [6.07, 6.45) is 2.93. The standard InChI is InChI=1S/C13H20N4O2/c1-5-13(19)17(6-2)9-12(18)14-7-11-8-15-16(4)10(11)3/h5,8H,1,6-7,9H2,2-4H3,(H,14,18). The summed E-state index contributed by atoms with van der Waals surface area (Å²) < 4.78 is 1.75. The average molecular weight is 264 g/mol. The summed E-state index contributed by atoms with van der Waals surface area (Å²) in [5, 5.41) is 6.88. The fraction of sp³-hybridized carbons (Fsp3) is 0.462. The minimum atomic E-state index is -0.241. The SMILES string of the molecule is C=CC(=O)N(CC)CC(=O)NCc1cnn(C)c1C. The van der Waals surface area contributed by atoms with E-state index in [0.29, 0.717) is 13.1 Å². The van der Waals surface area contributed by atoms with Gasteiger partial charge in [-0.25, -0.2) is 0 Å². The van der Waals surface area contributed by atoms with Crippen LogP contribution >= 0.6 is 0 Å². The molecule has 1 heterocycles. The van der Waals surface area contributed by atoms with Gasteiger partial charge in [-0.05, 0) is 19.9 Å². The van der Waals surface area contributed by atoms with Crippen molar-refractivity contribution in [1.29, 1.82) is 0 Å². The summed E-state index contributed by atoms with van der Waals surface area (Å²) in [6, 6.07) is 0. The van der Waals surface area contributed by atoms with Gasteiger partial charge in [0.1, 0.15) is 0 Å². The van der Waals surface area contributed by atoms with E-state index >= 15 is 0 Å². The number of nitrogens with one attached hydrogen (secondary N) is 1. The first-order valence-corrected chi connectivity index (χ1v) is 6.15. The van der Waals surface area contributed by atoms with Gasteiger partial charge >= 0.3 is 0 Å². The van der Waals surface area contributed by atoms with Gasteiger partial charge in [-0.1, -0.05) is 6.58 Å². The number of likely N-dealkylation sites (N-methyl/N-ethyl adjacent to an activating group) is 1. The van der Waals surface area contributed by atoms with Crippen molar-refractivity contribution in [2.75, 3.05) is 13.1 Å². The molecule has 104 valence electrons. The third-order valence-corrected chi connectivity index (χ3v) is 3.02. The molecule has 0 aliphatic rings. The van der Waals surface area contributed by atoms with Crippen molar-refractivity contribution in [3.05, 3.63) is 30.1 Å². The van der Waals surface area contributed by atoms with Gasteiger partial charge in [-0.2, -0.15) is 5.10 Å². The van der Waals surface area contributed by atoms with E-state index in [1.807, 2.05) is 20.9 Å². The Labute approximate surface area is 113 Å². The van der Waals surface area contributed by atoms with Crippen LogP contribution in [-0.2, 0) is 23.2 Å².